The number of benzene rings is 1. The van der Waals surface area contributed by atoms with Gasteiger partial charge in [-0.05, 0) is 19.0 Å². The van der Waals surface area contributed by atoms with E-state index < -0.39 is 4.92 Å². The number of ether oxygens (including phenoxy) is 1. The van der Waals surface area contributed by atoms with E-state index in [-0.39, 0.29) is 24.0 Å². The van der Waals surface area contributed by atoms with Gasteiger partial charge in [-0.2, -0.15) is 0 Å². The van der Waals surface area contributed by atoms with E-state index in [0.717, 1.165) is 0 Å². The highest BCUT2D eigenvalue weighted by Gasteiger charge is 2.18. The molecule has 0 spiro atoms. The quantitative estimate of drug-likeness (QED) is 0.471. The molecule has 0 bridgehead atoms. The highest BCUT2D eigenvalue weighted by atomic mass is 16.6. The molecule has 0 aliphatic carbocycles. The number of hydrogen-bond donors (Lipinski definition) is 1. The minimum absolute atomic E-state index is 0.0890. The molecule has 0 saturated carbocycles. The molecule has 2 N–H and O–H groups in total. The number of amides is 1. The van der Waals surface area contributed by atoms with Crippen LogP contribution in [-0.2, 0) is 0 Å². The van der Waals surface area contributed by atoms with Crippen LogP contribution in [0.15, 0.2) is 18.2 Å². The summed E-state index contributed by atoms with van der Waals surface area (Å²) in [5.74, 6) is -0.148. The van der Waals surface area contributed by atoms with Crippen molar-refractivity contribution in [1.82, 2.24) is 4.90 Å². The number of rotatable bonds is 6. The molecule has 1 amide bonds. The second-order valence-electron chi connectivity index (χ2n) is 4.13. The van der Waals surface area contributed by atoms with Crippen molar-refractivity contribution < 1.29 is 14.5 Å². The first-order valence-corrected chi connectivity index (χ1v) is 5.80. The summed E-state index contributed by atoms with van der Waals surface area (Å²) in [6.07, 6.45) is 0.586. The van der Waals surface area contributed by atoms with Crippen molar-refractivity contribution in [2.75, 3.05) is 27.2 Å². The molecule has 0 fully saturated rings. The highest BCUT2D eigenvalue weighted by Crippen LogP contribution is 2.28. The Labute approximate surface area is 111 Å². The minimum atomic E-state index is -0.540. The fourth-order valence-electron chi connectivity index (χ4n) is 1.44. The van der Waals surface area contributed by atoms with E-state index in [2.05, 4.69) is 0 Å². The third kappa shape index (κ3) is 3.92. The second kappa shape index (κ2) is 6.69. The Morgan fingerprint density at radius 1 is 1.47 bits per heavy atom. The average Bonchev–Trinajstić information content (AvgIpc) is 2.37. The first-order chi connectivity index (χ1) is 8.97. The van der Waals surface area contributed by atoms with Gasteiger partial charge in [0.15, 0.2) is 5.75 Å². The van der Waals surface area contributed by atoms with Crippen LogP contribution in [0.2, 0.25) is 0 Å². The molecule has 0 aliphatic rings. The molecular weight excluding hydrogens is 250 g/mol. The Morgan fingerprint density at radius 3 is 2.68 bits per heavy atom. The number of nitrogens with zero attached hydrogens (tertiary/aromatic N) is 2. The van der Waals surface area contributed by atoms with Crippen LogP contribution >= 0.6 is 0 Å². The van der Waals surface area contributed by atoms with E-state index in [1.807, 2.05) is 0 Å². The van der Waals surface area contributed by atoms with Crippen LogP contribution in [0, 0.1) is 10.1 Å². The van der Waals surface area contributed by atoms with Crippen molar-refractivity contribution >= 4 is 11.6 Å². The zero-order valence-corrected chi connectivity index (χ0v) is 11.0. The molecule has 0 unspecified atom stereocenters. The third-order valence-corrected chi connectivity index (χ3v) is 2.42. The van der Waals surface area contributed by atoms with Crippen LogP contribution < -0.4 is 10.5 Å². The van der Waals surface area contributed by atoms with E-state index in [4.69, 9.17) is 10.5 Å². The maximum atomic E-state index is 11.8. The minimum Gasteiger partial charge on any atom is -0.487 e. The molecule has 1 aromatic carbocycles. The van der Waals surface area contributed by atoms with Gasteiger partial charge in [0.25, 0.3) is 5.91 Å². The molecule has 0 aromatic heterocycles. The van der Waals surface area contributed by atoms with Gasteiger partial charge in [-0.25, -0.2) is 0 Å². The average molecular weight is 267 g/mol. The van der Waals surface area contributed by atoms with Crippen molar-refractivity contribution in [2.24, 2.45) is 5.73 Å². The summed E-state index contributed by atoms with van der Waals surface area (Å²) in [5, 5.41) is 10.9. The zero-order chi connectivity index (χ0) is 14.4. The summed E-state index contributed by atoms with van der Waals surface area (Å²) in [6.45, 7) is 0.709. The second-order valence-corrected chi connectivity index (χ2v) is 4.13. The molecule has 7 nitrogen and oxygen atoms in total. The SMILES string of the molecule is CN(C)C(=O)c1ccc([N+](=O)[O-])c(OCCCN)c1. The van der Waals surface area contributed by atoms with Crippen LogP contribution in [0.5, 0.6) is 5.75 Å². The number of carbonyl (C=O) groups excluding carboxylic acids is 1. The van der Waals surface area contributed by atoms with E-state index in [9.17, 15) is 14.9 Å². The standard InChI is InChI=1S/C12H17N3O4/c1-14(2)12(16)9-4-5-10(15(17)18)11(8-9)19-7-3-6-13/h4-5,8H,3,6-7,13H2,1-2H3. The maximum Gasteiger partial charge on any atom is 0.310 e. The van der Waals surface area contributed by atoms with E-state index in [1.54, 1.807) is 14.1 Å². The fourth-order valence-corrected chi connectivity index (χ4v) is 1.44. The number of nitrogens with two attached hydrogens (primary N) is 1. The van der Waals surface area contributed by atoms with Gasteiger partial charge in [-0.15, -0.1) is 0 Å². The maximum absolute atomic E-state index is 11.8. The third-order valence-electron chi connectivity index (χ3n) is 2.42. The topological polar surface area (TPSA) is 98.7 Å². The molecule has 7 heteroatoms. The monoisotopic (exact) mass is 267 g/mol. The van der Waals surface area contributed by atoms with Gasteiger partial charge < -0.3 is 15.4 Å². The molecular formula is C12H17N3O4. The summed E-state index contributed by atoms with van der Waals surface area (Å²) >= 11 is 0. The molecule has 0 saturated heterocycles. The lowest BCUT2D eigenvalue weighted by Gasteiger charge is -2.12. The van der Waals surface area contributed by atoms with Gasteiger partial charge in [0.1, 0.15) is 0 Å². The zero-order valence-electron chi connectivity index (χ0n) is 11.0. The van der Waals surface area contributed by atoms with Gasteiger partial charge >= 0.3 is 5.69 Å². The smallest absolute Gasteiger partial charge is 0.310 e. The van der Waals surface area contributed by atoms with Crippen LogP contribution in [0.3, 0.4) is 0 Å². The van der Waals surface area contributed by atoms with E-state index in [1.165, 1.54) is 23.1 Å². The normalized spacial score (nSPS) is 10.1. The summed E-state index contributed by atoms with van der Waals surface area (Å²) < 4.78 is 5.32. The van der Waals surface area contributed by atoms with Crippen LogP contribution in [-0.4, -0.2) is 43.0 Å². The Balaban J connectivity index is 3.03. The lowest BCUT2D eigenvalue weighted by molar-refractivity contribution is -0.385. The molecule has 19 heavy (non-hydrogen) atoms. The molecule has 0 radical (unpaired) electrons. The summed E-state index contributed by atoms with van der Waals surface area (Å²) in [7, 11) is 3.22. The van der Waals surface area contributed by atoms with E-state index in [0.29, 0.717) is 18.5 Å². The van der Waals surface area contributed by atoms with Gasteiger partial charge in [0.05, 0.1) is 11.5 Å². The van der Waals surface area contributed by atoms with Crippen LogP contribution in [0.25, 0.3) is 0 Å². The van der Waals surface area contributed by atoms with Crippen molar-refractivity contribution in [2.45, 2.75) is 6.42 Å². The van der Waals surface area contributed by atoms with Crippen molar-refractivity contribution in [3.63, 3.8) is 0 Å². The van der Waals surface area contributed by atoms with Gasteiger partial charge in [0.2, 0.25) is 0 Å². The number of carbonyl (C=O) groups is 1. The summed E-state index contributed by atoms with van der Waals surface area (Å²) in [4.78, 5) is 23.5. The van der Waals surface area contributed by atoms with Crippen LogP contribution in [0.1, 0.15) is 16.8 Å². The van der Waals surface area contributed by atoms with Gasteiger partial charge in [-0.1, -0.05) is 0 Å². The first-order valence-electron chi connectivity index (χ1n) is 5.80. The largest absolute Gasteiger partial charge is 0.487 e. The Bertz CT molecular complexity index is 474. The first kappa shape index (κ1) is 14.9. The Morgan fingerprint density at radius 2 is 2.16 bits per heavy atom. The number of hydrogen-bond acceptors (Lipinski definition) is 5. The van der Waals surface area contributed by atoms with E-state index >= 15 is 0 Å². The Kier molecular flexibility index (Phi) is 5.25. The molecule has 1 rings (SSSR count). The highest BCUT2D eigenvalue weighted by molar-refractivity contribution is 5.94. The molecule has 0 atom stereocenters. The number of nitro groups is 1. The molecule has 0 heterocycles. The van der Waals surface area contributed by atoms with Crippen molar-refractivity contribution in [1.29, 1.82) is 0 Å². The fraction of sp³-hybridized carbons (Fsp3) is 0.417. The molecule has 1 aromatic rings. The predicted octanol–water partition coefficient (Wildman–Crippen LogP) is 1.02. The predicted molar refractivity (Wildman–Crippen MR) is 70.3 cm³/mol. The summed E-state index contributed by atoms with van der Waals surface area (Å²) in [5.41, 5.74) is 5.52. The van der Waals surface area contributed by atoms with Crippen molar-refractivity contribution in [3.05, 3.63) is 33.9 Å². The Hall–Kier alpha value is -2.15. The molecule has 0 aliphatic heterocycles. The van der Waals surface area contributed by atoms with Gasteiger partial charge in [0, 0.05) is 31.8 Å². The molecule has 104 valence electrons. The number of nitro benzene ring substituents is 1. The van der Waals surface area contributed by atoms with Gasteiger partial charge in [-0.3, -0.25) is 14.9 Å². The summed E-state index contributed by atoms with van der Waals surface area (Å²) in [6, 6.07) is 4.07. The lowest BCUT2D eigenvalue weighted by atomic mass is 10.1. The van der Waals surface area contributed by atoms with Crippen LogP contribution in [0.4, 0.5) is 5.69 Å². The van der Waals surface area contributed by atoms with Crippen molar-refractivity contribution in [3.8, 4) is 5.75 Å². The lowest BCUT2D eigenvalue weighted by Crippen LogP contribution is -2.21.